The van der Waals surface area contributed by atoms with E-state index in [1.54, 1.807) is 26.0 Å². The molecule has 4 heteroatoms. The molecule has 0 fully saturated rings. The van der Waals surface area contributed by atoms with E-state index in [1.165, 1.54) is 0 Å². The molecule has 0 spiro atoms. The maximum atomic E-state index is 13.5. The lowest BCUT2D eigenvalue weighted by atomic mass is 10.1. The summed E-state index contributed by atoms with van der Waals surface area (Å²) in [6.07, 6.45) is 0. The highest BCUT2D eigenvalue weighted by Crippen LogP contribution is 2.14. The Kier molecular flexibility index (Phi) is 5.06. The van der Waals surface area contributed by atoms with Gasteiger partial charge in [0.25, 0.3) is 0 Å². The Morgan fingerprint density at radius 1 is 1.26 bits per heavy atom. The van der Waals surface area contributed by atoms with E-state index in [4.69, 9.17) is 4.74 Å². The Bertz CT molecular complexity index is 441. The standard InChI is InChI=1S/C15H22FNO2/c1-10-6-12(7-11(2)14(10)16)8-17-13(18)9-19-15(3,4)5/h6-7H,8-9H2,1-5H3,(H,17,18). The number of carbonyl (C=O) groups is 1. The average Bonchev–Trinajstić information content (AvgIpc) is 2.29. The number of aryl methyl sites for hydroxylation is 2. The topological polar surface area (TPSA) is 38.3 Å². The van der Waals surface area contributed by atoms with Crippen molar-refractivity contribution in [3.8, 4) is 0 Å². The first-order chi connectivity index (χ1) is 8.69. The Morgan fingerprint density at radius 2 is 1.79 bits per heavy atom. The summed E-state index contributed by atoms with van der Waals surface area (Å²) in [7, 11) is 0. The quantitative estimate of drug-likeness (QED) is 0.911. The number of carbonyl (C=O) groups excluding carboxylic acids is 1. The predicted molar refractivity (Wildman–Crippen MR) is 73.4 cm³/mol. The summed E-state index contributed by atoms with van der Waals surface area (Å²) in [5, 5.41) is 2.76. The van der Waals surface area contributed by atoms with E-state index in [-0.39, 0.29) is 23.9 Å². The monoisotopic (exact) mass is 267 g/mol. The van der Waals surface area contributed by atoms with Crippen molar-refractivity contribution in [1.82, 2.24) is 5.32 Å². The summed E-state index contributed by atoms with van der Waals surface area (Å²) in [6, 6.07) is 3.49. The second-order valence-electron chi connectivity index (χ2n) is 5.72. The summed E-state index contributed by atoms with van der Waals surface area (Å²) in [5.41, 5.74) is 1.74. The van der Waals surface area contributed by atoms with Gasteiger partial charge in [0.15, 0.2) is 0 Å². The number of nitrogens with one attached hydrogen (secondary N) is 1. The lowest BCUT2D eigenvalue weighted by Gasteiger charge is -2.19. The van der Waals surface area contributed by atoms with Gasteiger partial charge in [0.2, 0.25) is 5.91 Å². The second kappa shape index (κ2) is 6.15. The van der Waals surface area contributed by atoms with Crippen molar-refractivity contribution in [2.24, 2.45) is 0 Å². The van der Waals surface area contributed by atoms with Crippen molar-refractivity contribution in [3.63, 3.8) is 0 Å². The van der Waals surface area contributed by atoms with Crippen molar-refractivity contribution in [3.05, 3.63) is 34.6 Å². The van der Waals surface area contributed by atoms with Crippen LogP contribution in [0.3, 0.4) is 0 Å². The minimum Gasteiger partial charge on any atom is -0.366 e. The highest BCUT2D eigenvalue weighted by molar-refractivity contribution is 5.77. The van der Waals surface area contributed by atoms with Crippen LogP contribution in [0.1, 0.15) is 37.5 Å². The first-order valence-corrected chi connectivity index (χ1v) is 6.35. The third-order valence-electron chi connectivity index (χ3n) is 2.62. The number of rotatable bonds is 4. The van der Waals surface area contributed by atoms with Crippen LogP contribution in [0.5, 0.6) is 0 Å². The molecule has 0 saturated carbocycles. The fraction of sp³-hybridized carbons (Fsp3) is 0.533. The molecule has 0 atom stereocenters. The summed E-state index contributed by atoms with van der Waals surface area (Å²) < 4.78 is 18.8. The van der Waals surface area contributed by atoms with Gasteiger partial charge in [0, 0.05) is 6.54 Å². The van der Waals surface area contributed by atoms with Gasteiger partial charge >= 0.3 is 0 Å². The number of ether oxygens (including phenoxy) is 1. The van der Waals surface area contributed by atoms with E-state index in [9.17, 15) is 9.18 Å². The van der Waals surface area contributed by atoms with Gasteiger partial charge in [0.05, 0.1) is 5.60 Å². The maximum Gasteiger partial charge on any atom is 0.246 e. The van der Waals surface area contributed by atoms with Crippen LogP contribution in [0.2, 0.25) is 0 Å². The van der Waals surface area contributed by atoms with E-state index in [0.717, 1.165) is 5.56 Å². The fourth-order valence-electron chi connectivity index (χ4n) is 1.67. The molecular weight excluding hydrogens is 245 g/mol. The van der Waals surface area contributed by atoms with Crippen LogP contribution in [0.25, 0.3) is 0 Å². The highest BCUT2D eigenvalue weighted by Gasteiger charge is 2.13. The van der Waals surface area contributed by atoms with E-state index in [0.29, 0.717) is 17.7 Å². The third-order valence-corrected chi connectivity index (χ3v) is 2.62. The largest absolute Gasteiger partial charge is 0.366 e. The van der Waals surface area contributed by atoms with Gasteiger partial charge < -0.3 is 10.1 Å². The third kappa shape index (κ3) is 5.39. The molecule has 1 N–H and O–H groups in total. The normalized spacial score (nSPS) is 11.5. The van der Waals surface area contributed by atoms with Crippen molar-refractivity contribution >= 4 is 5.91 Å². The van der Waals surface area contributed by atoms with Gasteiger partial charge in [-0.25, -0.2) is 4.39 Å². The summed E-state index contributed by atoms with van der Waals surface area (Å²) in [5.74, 6) is -0.360. The van der Waals surface area contributed by atoms with Crippen LogP contribution in [0.15, 0.2) is 12.1 Å². The van der Waals surface area contributed by atoms with Gasteiger partial charge in [-0.3, -0.25) is 4.79 Å². The molecule has 0 radical (unpaired) electrons. The Balaban J connectivity index is 2.51. The molecule has 1 rings (SSSR count). The SMILES string of the molecule is Cc1cc(CNC(=O)COC(C)(C)C)cc(C)c1F. The summed E-state index contributed by atoms with van der Waals surface area (Å²) >= 11 is 0. The molecule has 0 heterocycles. The van der Waals surface area contributed by atoms with Crippen molar-refractivity contribution < 1.29 is 13.9 Å². The molecule has 0 unspecified atom stereocenters. The zero-order valence-corrected chi connectivity index (χ0v) is 12.3. The Hall–Kier alpha value is -1.42. The predicted octanol–water partition coefficient (Wildman–Crippen LogP) is 2.87. The molecule has 0 aliphatic heterocycles. The van der Waals surface area contributed by atoms with Crippen LogP contribution >= 0.6 is 0 Å². The van der Waals surface area contributed by atoms with Crippen LogP contribution in [0, 0.1) is 19.7 Å². The number of benzene rings is 1. The average molecular weight is 267 g/mol. The van der Waals surface area contributed by atoms with Crippen molar-refractivity contribution in [2.45, 2.75) is 46.8 Å². The van der Waals surface area contributed by atoms with Crippen LogP contribution < -0.4 is 5.32 Å². The lowest BCUT2D eigenvalue weighted by molar-refractivity contribution is -0.130. The molecule has 0 bridgehead atoms. The molecule has 0 aliphatic carbocycles. The molecule has 1 aromatic rings. The van der Waals surface area contributed by atoms with Crippen LogP contribution in [-0.2, 0) is 16.1 Å². The van der Waals surface area contributed by atoms with E-state index in [2.05, 4.69) is 5.32 Å². The number of hydrogen-bond donors (Lipinski definition) is 1. The number of halogens is 1. The van der Waals surface area contributed by atoms with Crippen molar-refractivity contribution in [2.75, 3.05) is 6.61 Å². The molecule has 1 aromatic carbocycles. The maximum absolute atomic E-state index is 13.5. The molecule has 3 nitrogen and oxygen atoms in total. The van der Waals surface area contributed by atoms with Gasteiger partial charge in [-0.15, -0.1) is 0 Å². The zero-order chi connectivity index (χ0) is 14.6. The second-order valence-corrected chi connectivity index (χ2v) is 5.72. The molecule has 0 saturated heterocycles. The van der Waals surface area contributed by atoms with Gasteiger partial charge in [-0.1, -0.05) is 12.1 Å². The Morgan fingerprint density at radius 3 is 2.26 bits per heavy atom. The van der Waals surface area contributed by atoms with Crippen LogP contribution in [-0.4, -0.2) is 18.1 Å². The molecule has 0 aliphatic rings. The van der Waals surface area contributed by atoms with Crippen molar-refractivity contribution in [1.29, 1.82) is 0 Å². The molecular formula is C15H22FNO2. The van der Waals surface area contributed by atoms with Gasteiger partial charge in [-0.05, 0) is 51.3 Å². The molecule has 0 aromatic heterocycles. The summed E-state index contributed by atoms with van der Waals surface area (Å²) in [6.45, 7) is 9.54. The van der Waals surface area contributed by atoms with Gasteiger partial charge in [0.1, 0.15) is 12.4 Å². The lowest BCUT2D eigenvalue weighted by Crippen LogP contribution is -2.31. The van der Waals surface area contributed by atoms with E-state index < -0.39 is 0 Å². The first-order valence-electron chi connectivity index (χ1n) is 6.35. The minimum atomic E-state index is -0.333. The zero-order valence-electron chi connectivity index (χ0n) is 12.3. The summed E-state index contributed by atoms with van der Waals surface area (Å²) in [4.78, 5) is 11.6. The van der Waals surface area contributed by atoms with E-state index in [1.807, 2.05) is 20.8 Å². The number of hydrogen-bond acceptors (Lipinski definition) is 2. The van der Waals surface area contributed by atoms with Gasteiger partial charge in [-0.2, -0.15) is 0 Å². The smallest absolute Gasteiger partial charge is 0.246 e. The highest BCUT2D eigenvalue weighted by atomic mass is 19.1. The molecule has 19 heavy (non-hydrogen) atoms. The Labute approximate surface area is 114 Å². The minimum absolute atomic E-state index is 0.0304. The number of amides is 1. The van der Waals surface area contributed by atoms with Crippen LogP contribution in [0.4, 0.5) is 4.39 Å². The molecule has 1 amide bonds. The first kappa shape index (κ1) is 15.6. The van der Waals surface area contributed by atoms with E-state index >= 15 is 0 Å². The fourth-order valence-corrected chi connectivity index (χ4v) is 1.67. The molecule has 106 valence electrons.